The van der Waals surface area contributed by atoms with Crippen LogP contribution in [0.25, 0.3) is 0 Å². The van der Waals surface area contributed by atoms with Crippen molar-refractivity contribution in [3.05, 3.63) is 16.6 Å². The van der Waals surface area contributed by atoms with Gasteiger partial charge in [-0.15, -0.1) is 11.3 Å². The molecule has 2 unspecified atom stereocenters. The van der Waals surface area contributed by atoms with Gasteiger partial charge in [0, 0.05) is 31.7 Å². The van der Waals surface area contributed by atoms with E-state index < -0.39 is 0 Å². The molecular weight excluding hydrogens is 256 g/mol. The molecule has 0 spiro atoms. The molecule has 5 heteroatoms. The zero-order chi connectivity index (χ0) is 13.1. The van der Waals surface area contributed by atoms with E-state index >= 15 is 0 Å². The second-order valence-corrected chi connectivity index (χ2v) is 6.52. The Kier molecular flexibility index (Phi) is 4.01. The fourth-order valence-corrected chi connectivity index (χ4v) is 3.96. The van der Waals surface area contributed by atoms with E-state index in [1.807, 2.05) is 18.6 Å². The van der Waals surface area contributed by atoms with E-state index in [1.54, 1.807) is 11.3 Å². The predicted molar refractivity (Wildman–Crippen MR) is 79.3 cm³/mol. The van der Waals surface area contributed by atoms with Gasteiger partial charge in [-0.25, -0.2) is 4.98 Å². The molecule has 1 aliphatic carbocycles. The number of aliphatic imine (C=N–C) groups is 1. The highest BCUT2D eigenvalue weighted by Gasteiger charge is 2.35. The molecule has 1 aromatic heterocycles. The molecule has 1 N–H and O–H groups in total. The Hall–Kier alpha value is -1.10. The highest BCUT2D eigenvalue weighted by molar-refractivity contribution is 7.09. The number of nitrogens with one attached hydrogen (secondary N) is 1. The maximum atomic E-state index is 4.44. The fraction of sp³-hybridized carbons (Fsp3) is 0.714. The minimum Gasteiger partial charge on any atom is -0.350 e. The normalized spacial score (nSPS) is 27.4. The van der Waals surface area contributed by atoms with Crippen LogP contribution in [0.1, 0.15) is 30.7 Å². The van der Waals surface area contributed by atoms with Gasteiger partial charge >= 0.3 is 0 Å². The number of guanidine groups is 1. The first-order chi connectivity index (χ1) is 9.36. The van der Waals surface area contributed by atoms with E-state index in [0.29, 0.717) is 0 Å². The van der Waals surface area contributed by atoms with E-state index in [0.717, 1.165) is 29.3 Å². The highest BCUT2D eigenvalue weighted by Crippen LogP contribution is 2.35. The Bertz CT molecular complexity index is 415. The minimum atomic E-state index is 0.788. The van der Waals surface area contributed by atoms with Crippen molar-refractivity contribution in [2.45, 2.75) is 32.2 Å². The Morgan fingerprint density at radius 3 is 2.74 bits per heavy atom. The van der Waals surface area contributed by atoms with Crippen molar-refractivity contribution in [2.24, 2.45) is 16.8 Å². The minimum absolute atomic E-state index is 0.788. The zero-order valence-corrected chi connectivity index (χ0v) is 12.3. The molecule has 1 aromatic rings. The summed E-state index contributed by atoms with van der Waals surface area (Å²) < 4.78 is 0. The van der Waals surface area contributed by atoms with E-state index in [2.05, 4.69) is 20.2 Å². The highest BCUT2D eigenvalue weighted by atomic mass is 32.1. The topological polar surface area (TPSA) is 40.5 Å². The third-order valence-corrected chi connectivity index (χ3v) is 5.15. The summed E-state index contributed by atoms with van der Waals surface area (Å²) in [7, 11) is 1.88. The summed E-state index contributed by atoms with van der Waals surface area (Å²) in [4.78, 5) is 11.2. The molecule has 1 saturated carbocycles. The van der Waals surface area contributed by atoms with Gasteiger partial charge in [0.15, 0.2) is 5.96 Å². The van der Waals surface area contributed by atoms with E-state index in [4.69, 9.17) is 0 Å². The van der Waals surface area contributed by atoms with E-state index in [1.165, 1.54) is 38.8 Å². The van der Waals surface area contributed by atoms with Gasteiger partial charge in [-0.3, -0.25) is 4.99 Å². The molecule has 3 rings (SSSR count). The molecule has 0 radical (unpaired) electrons. The smallest absolute Gasteiger partial charge is 0.194 e. The second kappa shape index (κ2) is 5.90. The van der Waals surface area contributed by atoms with Gasteiger partial charge in [-0.2, -0.15) is 0 Å². The van der Waals surface area contributed by atoms with Crippen LogP contribution < -0.4 is 5.32 Å². The first-order valence-corrected chi connectivity index (χ1v) is 8.08. The lowest BCUT2D eigenvalue weighted by molar-refractivity contribution is 0.299. The molecule has 104 valence electrons. The zero-order valence-electron chi connectivity index (χ0n) is 11.5. The van der Waals surface area contributed by atoms with Crippen molar-refractivity contribution in [3.63, 3.8) is 0 Å². The molecule has 0 aromatic carbocycles. The van der Waals surface area contributed by atoms with E-state index in [9.17, 15) is 0 Å². The van der Waals surface area contributed by atoms with Crippen LogP contribution >= 0.6 is 11.3 Å². The van der Waals surface area contributed by atoms with Crippen LogP contribution in [0.4, 0.5) is 0 Å². The molecule has 1 aliphatic heterocycles. The monoisotopic (exact) mass is 278 g/mol. The summed E-state index contributed by atoms with van der Waals surface area (Å²) >= 11 is 1.69. The lowest BCUT2D eigenvalue weighted by atomic mass is 9.82. The Labute approximate surface area is 118 Å². The van der Waals surface area contributed by atoms with Gasteiger partial charge < -0.3 is 10.2 Å². The van der Waals surface area contributed by atoms with Crippen LogP contribution in [0.15, 0.2) is 16.6 Å². The van der Waals surface area contributed by atoms with Crippen LogP contribution in [0.2, 0.25) is 0 Å². The van der Waals surface area contributed by atoms with Gasteiger partial charge in [-0.05, 0) is 24.7 Å². The molecule has 2 fully saturated rings. The third kappa shape index (κ3) is 2.91. The average molecular weight is 278 g/mol. The summed E-state index contributed by atoms with van der Waals surface area (Å²) in [5, 5.41) is 6.59. The Morgan fingerprint density at radius 1 is 1.42 bits per heavy atom. The first kappa shape index (κ1) is 12.9. The van der Waals surface area contributed by atoms with Gasteiger partial charge in [0.1, 0.15) is 5.01 Å². The van der Waals surface area contributed by atoms with Crippen LogP contribution in [-0.2, 0) is 6.54 Å². The molecular formula is C14H22N4S. The molecule has 1 saturated heterocycles. The standard InChI is InChI=1S/C14H22N4S/c1-15-14(17-8-13-16-6-7-19-13)18-9-11-4-2-3-5-12(11)10-18/h6-7,11-12H,2-5,8-10H2,1H3,(H,15,17). The number of hydrogen-bond donors (Lipinski definition) is 1. The number of likely N-dealkylation sites (tertiary alicyclic amines) is 1. The molecule has 4 nitrogen and oxygen atoms in total. The largest absolute Gasteiger partial charge is 0.350 e. The van der Waals surface area contributed by atoms with Crippen molar-refractivity contribution in [2.75, 3.05) is 20.1 Å². The SMILES string of the molecule is CN=C(NCc1nccs1)N1CC2CCCCC2C1. The Morgan fingerprint density at radius 2 is 2.16 bits per heavy atom. The molecule has 0 bridgehead atoms. The van der Waals surface area contributed by atoms with Gasteiger partial charge in [0.2, 0.25) is 0 Å². The maximum Gasteiger partial charge on any atom is 0.194 e. The van der Waals surface area contributed by atoms with Crippen molar-refractivity contribution >= 4 is 17.3 Å². The fourth-order valence-electron chi connectivity index (χ4n) is 3.41. The van der Waals surface area contributed by atoms with Crippen molar-refractivity contribution in [1.29, 1.82) is 0 Å². The number of aromatic nitrogens is 1. The van der Waals surface area contributed by atoms with Crippen LogP contribution in [0, 0.1) is 11.8 Å². The predicted octanol–water partition coefficient (Wildman–Crippen LogP) is 2.34. The van der Waals surface area contributed by atoms with Crippen molar-refractivity contribution in [1.82, 2.24) is 15.2 Å². The van der Waals surface area contributed by atoms with Gasteiger partial charge in [0.25, 0.3) is 0 Å². The number of hydrogen-bond acceptors (Lipinski definition) is 3. The molecule has 2 aliphatic rings. The number of fused-ring (bicyclic) bond motifs is 1. The summed E-state index contributed by atoms with van der Waals surface area (Å²) in [5.41, 5.74) is 0. The number of rotatable bonds is 2. The summed E-state index contributed by atoms with van der Waals surface area (Å²) in [5.74, 6) is 2.84. The van der Waals surface area contributed by atoms with Crippen LogP contribution in [-0.4, -0.2) is 36.0 Å². The third-order valence-electron chi connectivity index (χ3n) is 4.37. The lowest BCUT2D eigenvalue weighted by Gasteiger charge is -2.22. The van der Waals surface area contributed by atoms with Gasteiger partial charge in [-0.1, -0.05) is 12.8 Å². The second-order valence-electron chi connectivity index (χ2n) is 5.54. The quantitative estimate of drug-likeness (QED) is 0.667. The van der Waals surface area contributed by atoms with Crippen LogP contribution in [0.5, 0.6) is 0 Å². The van der Waals surface area contributed by atoms with Crippen molar-refractivity contribution in [3.8, 4) is 0 Å². The summed E-state index contributed by atoms with van der Waals surface area (Å²) in [6, 6.07) is 0. The average Bonchev–Trinajstić information content (AvgIpc) is 3.08. The summed E-state index contributed by atoms with van der Waals surface area (Å²) in [6.45, 7) is 3.15. The molecule has 19 heavy (non-hydrogen) atoms. The first-order valence-electron chi connectivity index (χ1n) is 7.21. The van der Waals surface area contributed by atoms with Crippen molar-refractivity contribution < 1.29 is 0 Å². The lowest BCUT2D eigenvalue weighted by Crippen LogP contribution is -2.39. The van der Waals surface area contributed by atoms with E-state index in [-0.39, 0.29) is 0 Å². The molecule has 2 atom stereocenters. The van der Waals surface area contributed by atoms with Crippen LogP contribution in [0.3, 0.4) is 0 Å². The maximum absolute atomic E-state index is 4.44. The summed E-state index contributed by atoms with van der Waals surface area (Å²) in [6.07, 6.45) is 7.50. The number of nitrogens with zero attached hydrogens (tertiary/aromatic N) is 3. The Balaban J connectivity index is 1.57. The molecule has 0 amide bonds. The molecule has 2 heterocycles. The number of thiazole rings is 1. The van der Waals surface area contributed by atoms with Gasteiger partial charge in [0.05, 0.1) is 6.54 Å².